The van der Waals surface area contributed by atoms with E-state index < -0.39 is 0 Å². The van der Waals surface area contributed by atoms with Gasteiger partial charge in [-0.15, -0.1) is 0 Å². The van der Waals surface area contributed by atoms with Gasteiger partial charge in [-0.1, -0.05) is 17.7 Å². The lowest BCUT2D eigenvalue weighted by atomic mass is 10.1. The van der Waals surface area contributed by atoms with E-state index in [4.69, 9.17) is 16.3 Å². The third kappa shape index (κ3) is 3.44. The highest BCUT2D eigenvalue weighted by Crippen LogP contribution is 2.25. The third-order valence-electron chi connectivity index (χ3n) is 4.06. The number of benzene rings is 1. The summed E-state index contributed by atoms with van der Waals surface area (Å²) in [6.07, 6.45) is 0.301. The summed E-state index contributed by atoms with van der Waals surface area (Å²) in [7, 11) is 2.17. The van der Waals surface area contributed by atoms with Gasteiger partial charge < -0.3 is 15.0 Å². The molecule has 110 valence electrons. The van der Waals surface area contributed by atoms with Crippen molar-refractivity contribution in [2.75, 3.05) is 46.3 Å². The molecule has 0 aromatic heterocycles. The molecule has 0 radical (unpaired) electrons. The Morgan fingerprint density at radius 1 is 1.25 bits per heavy atom. The highest BCUT2D eigenvalue weighted by Gasteiger charge is 2.19. The van der Waals surface area contributed by atoms with Gasteiger partial charge in [-0.2, -0.15) is 0 Å². The van der Waals surface area contributed by atoms with Gasteiger partial charge in [0.05, 0.1) is 0 Å². The molecule has 0 aliphatic carbocycles. The molecule has 4 nitrogen and oxygen atoms in total. The normalized spacial score (nSPS) is 21.7. The molecule has 0 unspecified atom stereocenters. The van der Waals surface area contributed by atoms with Gasteiger partial charge in [-0.25, -0.2) is 0 Å². The van der Waals surface area contributed by atoms with E-state index >= 15 is 0 Å². The maximum atomic E-state index is 6.39. The number of piperazine rings is 1. The van der Waals surface area contributed by atoms with E-state index in [0.29, 0.717) is 6.10 Å². The minimum Gasteiger partial charge on any atom is -0.488 e. The molecule has 5 heteroatoms. The largest absolute Gasteiger partial charge is 0.488 e. The second kappa shape index (κ2) is 6.31. The Morgan fingerprint density at radius 3 is 2.60 bits per heavy atom. The molecule has 0 saturated carbocycles. The molecule has 0 atom stereocenters. The van der Waals surface area contributed by atoms with Crippen molar-refractivity contribution in [2.45, 2.75) is 12.6 Å². The molecule has 2 aliphatic heterocycles. The maximum Gasteiger partial charge on any atom is 0.123 e. The molecule has 1 aromatic carbocycles. The van der Waals surface area contributed by atoms with Crippen LogP contribution in [0.25, 0.3) is 0 Å². The Morgan fingerprint density at radius 2 is 2.00 bits per heavy atom. The second-order valence-corrected chi connectivity index (χ2v) is 6.14. The van der Waals surface area contributed by atoms with Gasteiger partial charge in [-0.3, -0.25) is 4.90 Å². The Hall–Kier alpha value is -0.810. The Labute approximate surface area is 125 Å². The minimum atomic E-state index is 0.301. The minimum absolute atomic E-state index is 0.301. The summed E-state index contributed by atoms with van der Waals surface area (Å²) >= 11 is 6.39. The van der Waals surface area contributed by atoms with Crippen LogP contribution in [0.4, 0.5) is 0 Å². The fourth-order valence-electron chi connectivity index (χ4n) is 2.51. The highest BCUT2D eigenvalue weighted by molar-refractivity contribution is 6.31. The fraction of sp³-hybridized carbons (Fsp3) is 0.600. The Balaban J connectivity index is 1.58. The molecule has 1 N–H and O–H groups in total. The predicted molar refractivity (Wildman–Crippen MR) is 81.5 cm³/mol. The average molecular weight is 296 g/mol. The molecule has 20 heavy (non-hydrogen) atoms. The van der Waals surface area contributed by atoms with Gasteiger partial charge in [0.15, 0.2) is 0 Å². The molecular weight excluding hydrogens is 274 g/mol. The molecule has 0 amide bonds. The summed E-state index contributed by atoms with van der Waals surface area (Å²) in [6.45, 7) is 7.28. The van der Waals surface area contributed by atoms with E-state index in [0.717, 1.165) is 56.6 Å². The molecule has 2 saturated heterocycles. The molecule has 0 spiro atoms. The van der Waals surface area contributed by atoms with E-state index in [1.165, 1.54) is 5.56 Å². The van der Waals surface area contributed by atoms with Crippen molar-refractivity contribution in [1.29, 1.82) is 0 Å². The van der Waals surface area contributed by atoms with Crippen molar-refractivity contribution in [3.63, 3.8) is 0 Å². The van der Waals surface area contributed by atoms with Crippen molar-refractivity contribution >= 4 is 11.6 Å². The zero-order valence-electron chi connectivity index (χ0n) is 11.9. The van der Waals surface area contributed by atoms with Crippen LogP contribution in [0.1, 0.15) is 5.56 Å². The van der Waals surface area contributed by atoms with Gasteiger partial charge in [-0.05, 0) is 24.7 Å². The molecule has 2 fully saturated rings. The number of rotatable bonds is 4. The zero-order valence-corrected chi connectivity index (χ0v) is 12.7. The van der Waals surface area contributed by atoms with Gasteiger partial charge in [0.1, 0.15) is 11.9 Å². The molecule has 3 rings (SSSR count). The number of halogens is 1. The van der Waals surface area contributed by atoms with Gasteiger partial charge in [0, 0.05) is 50.8 Å². The van der Waals surface area contributed by atoms with Crippen molar-refractivity contribution in [3.05, 3.63) is 28.8 Å². The smallest absolute Gasteiger partial charge is 0.123 e. The Bertz CT molecular complexity index is 456. The molecule has 2 aliphatic rings. The van der Waals surface area contributed by atoms with Crippen LogP contribution >= 0.6 is 11.6 Å². The Kier molecular flexibility index (Phi) is 4.46. The summed E-state index contributed by atoms with van der Waals surface area (Å²) in [5.41, 5.74) is 1.19. The maximum absolute atomic E-state index is 6.39. The van der Waals surface area contributed by atoms with Gasteiger partial charge in [0.25, 0.3) is 0 Å². The van der Waals surface area contributed by atoms with Crippen molar-refractivity contribution in [1.82, 2.24) is 15.1 Å². The van der Waals surface area contributed by atoms with Crippen LogP contribution in [0.5, 0.6) is 5.75 Å². The van der Waals surface area contributed by atoms with Crippen molar-refractivity contribution < 1.29 is 4.74 Å². The molecular formula is C15H22ClN3O. The number of likely N-dealkylation sites (N-methyl/N-ethyl adjacent to an activating group) is 1. The second-order valence-electron chi connectivity index (χ2n) is 5.73. The average Bonchev–Trinajstić information content (AvgIpc) is 2.39. The summed E-state index contributed by atoms with van der Waals surface area (Å²) < 4.78 is 5.82. The first-order valence-electron chi connectivity index (χ1n) is 7.27. The topological polar surface area (TPSA) is 27.7 Å². The lowest BCUT2D eigenvalue weighted by Gasteiger charge is -2.32. The predicted octanol–water partition coefficient (Wildman–Crippen LogP) is 1.44. The quantitative estimate of drug-likeness (QED) is 0.910. The standard InChI is InChI=1S/C15H22ClN3O/c1-18-4-6-19(7-5-18)11-12-2-3-13(8-15(12)16)20-14-9-17-10-14/h2-3,8,14,17H,4-7,9-11H2,1H3. The summed E-state index contributed by atoms with van der Waals surface area (Å²) in [6, 6.07) is 6.09. The van der Waals surface area contributed by atoms with Crippen LogP contribution in [0.2, 0.25) is 5.02 Å². The van der Waals surface area contributed by atoms with E-state index in [1.807, 2.05) is 12.1 Å². The van der Waals surface area contributed by atoms with Crippen molar-refractivity contribution in [2.24, 2.45) is 0 Å². The van der Waals surface area contributed by atoms with E-state index in [9.17, 15) is 0 Å². The first-order chi connectivity index (χ1) is 9.70. The number of hydrogen-bond acceptors (Lipinski definition) is 4. The number of hydrogen-bond donors (Lipinski definition) is 1. The summed E-state index contributed by atoms with van der Waals surface area (Å²) in [4.78, 5) is 4.82. The van der Waals surface area contributed by atoms with Gasteiger partial charge >= 0.3 is 0 Å². The van der Waals surface area contributed by atoms with E-state index in [2.05, 4.69) is 28.2 Å². The highest BCUT2D eigenvalue weighted by atomic mass is 35.5. The first kappa shape index (κ1) is 14.1. The van der Waals surface area contributed by atoms with E-state index in [1.54, 1.807) is 0 Å². The molecule has 0 bridgehead atoms. The SMILES string of the molecule is CN1CCN(Cc2ccc(OC3CNC3)cc2Cl)CC1. The van der Waals surface area contributed by atoms with Crippen LogP contribution in [0, 0.1) is 0 Å². The van der Waals surface area contributed by atoms with Crippen LogP contribution in [0.3, 0.4) is 0 Å². The number of nitrogens with one attached hydrogen (secondary N) is 1. The molecule has 2 heterocycles. The van der Waals surface area contributed by atoms with Crippen LogP contribution in [-0.4, -0.2) is 62.2 Å². The number of ether oxygens (including phenoxy) is 1. The van der Waals surface area contributed by atoms with Crippen LogP contribution in [0.15, 0.2) is 18.2 Å². The number of nitrogens with zero attached hydrogens (tertiary/aromatic N) is 2. The van der Waals surface area contributed by atoms with Crippen LogP contribution in [-0.2, 0) is 6.54 Å². The monoisotopic (exact) mass is 295 g/mol. The lowest BCUT2D eigenvalue weighted by Crippen LogP contribution is -2.50. The first-order valence-corrected chi connectivity index (χ1v) is 7.65. The van der Waals surface area contributed by atoms with Gasteiger partial charge in [0.2, 0.25) is 0 Å². The summed E-state index contributed by atoms with van der Waals surface area (Å²) in [5.74, 6) is 0.878. The van der Waals surface area contributed by atoms with E-state index in [-0.39, 0.29) is 0 Å². The van der Waals surface area contributed by atoms with Crippen molar-refractivity contribution in [3.8, 4) is 5.75 Å². The summed E-state index contributed by atoms with van der Waals surface area (Å²) in [5, 5.41) is 4.01. The molecule has 1 aromatic rings. The van der Waals surface area contributed by atoms with Crippen LogP contribution < -0.4 is 10.1 Å². The fourth-order valence-corrected chi connectivity index (χ4v) is 2.74. The lowest BCUT2D eigenvalue weighted by molar-refractivity contribution is 0.141. The third-order valence-corrected chi connectivity index (χ3v) is 4.41. The zero-order chi connectivity index (χ0) is 13.9.